The van der Waals surface area contributed by atoms with Crippen LogP contribution in [0, 0.1) is 17.5 Å². The molecule has 2 aromatic rings. The van der Waals surface area contributed by atoms with Crippen molar-refractivity contribution in [2.24, 2.45) is 0 Å². The maximum absolute atomic E-state index is 13.4. The van der Waals surface area contributed by atoms with E-state index in [1.807, 2.05) is 6.92 Å². The summed E-state index contributed by atoms with van der Waals surface area (Å²) in [6.45, 7) is 2.68. The number of halogens is 4. The first-order valence-electron chi connectivity index (χ1n) is 6.65. The zero-order chi connectivity index (χ0) is 15.4. The molecule has 0 aliphatic rings. The molecular weight excluding hydrogens is 343 g/mol. The fourth-order valence-electron chi connectivity index (χ4n) is 2.15. The molecular formula is C16H15BrF3N. The highest BCUT2D eigenvalue weighted by molar-refractivity contribution is 9.10. The molecule has 0 saturated carbocycles. The Morgan fingerprint density at radius 3 is 2.24 bits per heavy atom. The predicted octanol–water partition coefficient (Wildman–Crippen LogP) is 4.96. The van der Waals surface area contributed by atoms with E-state index in [9.17, 15) is 13.2 Å². The SMILES string of the molecule is CCCNC(c1cc(F)cc(F)c1)c1ccc(F)c(Br)c1. The predicted molar refractivity (Wildman–Crippen MR) is 80.6 cm³/mol. The summed E-state index contributed by atoms with van der Waals surface area (Å²) in [4.78, 5) is 0. The minimum absolute atomic E-state index is 0.320. The third kappa shape index (κ3) is 4.08. The average molecular weight is 358 g/mol. The molecule has 0 bridgehead atoms. The highest BCUT2D eigenvalue weighted by atomic mass is 79.9. The van der Waals surface area contributed by atoms with Gasteiger partial charge >= 0.3 is 0 Å². The van der Waals surface area contributed by atoms with Gasteiger partial charge < -0.3 is 5.32 Å². The summed E-state index contributed by atoms with van der Waals surface area (Å²) in [5, 5.41) is 3.23. The van der Waals surface area contributed by atoms with Gasteiger partial charge in [0.05, 0.1) is 10.5 Å². The van der Waals surface area contributed by atoms with Crippen LogP contribution >= 0.6 is 15.9 Å². The van der Waals surface area contributed by atoms with Gasteiger partial charge in [-0.1, -0.05) is 13.0 Å². The third-order valence-electron chi connectivity index (χ3n) is 3.09. The van der Waals surface area contributed by atoms with Crippen molar-refractivity contribution in [3.63, 3.8) is 0 Å². The molecule has 1 unspecified atom stereocenters. The van der Waals surface area contributed by atoms with Gasteiger partial charge in [0, 0.05) is 6.07 Å². The molecule has 0 fully saturated rings. The zero-order valence-corrected chi connectivity index (χ0v) is 13.1. The molecule has 1 N–H and O–H groups in total. The van der Waals surface area contributed by atoms with Crippen LogP contribution in [-0.2, 0) is 0 Å². The number of hydrogen-bond acceptors (Lipinski definition) is 1. The van der Waals surface area contributed by atoms with Gasteiger partial charge in [0.15, 0.2) is 0 Å². The van der Waals surface area contributed by atoms with Gasteiger partial charge in [-0.05, 0) is 64.3 Å². The van der Waals surface area contributed by atoms with E-state index in [2.05, 4.69) is 21.2 Å². The first-order valence-corrected chi connectivity index (χ1v) is 7.45. The van der Waals surface area contributed by atoms with E-state index in [0.29, 0.717) is 16.6 Å². The Balaban J connectivity index is 2.43. The number of nitrogens with one attached hydrogen (secondary N) is 1. The lowest BCUT2D eigenvalue weighted by molar-refractivity contribution is 0.557. The van der Waals surface area contributed by atoms with E-state index >= 15 is 0 Å². The van der Waals surface area contributed by atoms with Gasteiger partial charge in [0.1, 0.15) is 17.5 Å². The molecule has 1 nitrogen and oxygen atoms in total. The largest absolute Gasteiger partial charge is 0.306 e. The van der Waals surface area contributed by atoms with Crippen LogP contribution in [0.1, 0.15) is 30.5 Å². The van der Waals surface area contributed by atoms with Crippen molar-refractivity contribution in [1.82, 2.24) is 5.32 Å². The maximum atomic E-state index is 13.4. The van der Waals surface area contributed by atoms with Crippen molar-refractivity contribution in [2.45, 2.75) is 19.4 Å². The molecule has 0 spiro atoms. The van der Waals surface area contributed by atoms with Crippen LogP contribution in [-0.4, -0.2) is 6.54 Å². The molecule has 0 amide bonds. The summed E-state index contributed by atoms with van der Waals surface area (Å²) in [7, 11) is 0. The van der Waals surface area contributed by atoms with Crippen LogP contribution in [0.5, 0.6) is 0 Å². The van der Waals surface area contributed by atoms with Crippen molar-refractivity contribution in [3.05, 3.63) is 69.4 Å². The number of rotatable bonds is 5. The molecule has 5 heteroatoms. The van der Waals surface area contributed by atoms with Crippen LogP contribution in [0.4, 0.5) is 13.2 Å². The molecule has 1 atom stereocenters. The standard InChI is InChI=1S/C16H15BrF3N/c1-2-5-21-16(10-3-4-15(20)14(17)8-10)11-6-12(18)9-13(19)7-11/h3-4,6-9,16,21H,2,5H2,1H3. The van der Waals surface area contributed by atoms with Gasteiger partial charge in [0.25, 0.3) is 0 Å². The van der Waals surface area contributed by atoms with Crippen molar-refractivity contribution in [2.75, 3.05) is 6.54 Å². The Labute approximate surface area is 130 Å². The van der Waals surface area contributed by atoms with E-state index in [1.165, 1.54) is 18.2 Å². The summed E-state index contributed by atoms with van der Waals surface area (Å²) in [6.07, 6.45) is 0.872. The average Bonchev–Trinajstić information content (AvgIpc) is 2.42. The molecule has 112 valence electrons. The van der Waals surface area contributed by atoms with Crippen molar-refractivity contribution >= 4 is 15.9 Å². The summed E-state index contributed by atoms with van der Waals surface area (Å²) in [5.41, 5.74) is 1.21. The molecule has 0 aromatic heterocycles. The molecule has 2 aromatic carbocycles. The highest BCUT2D eigenvalue weighted by Crippen LogP contribution is 2.27. The quantitative estimate of drug-likeness (QED) is 0.797. The van der Waals surface area contributed by atoms with Crippen molar-refractivity contribution in [1.29, 1.82) is 0 Å². The van der Waals surface area contributed by atoms with Crippen LogP contribution in [0.25, 0.3) is 0 Å². The number of benzene rings is 2. The second-order valence-electron chi connectivity index (χ2n) is 4.76. The van der Waals surface area contributed by atoms with Crippen LogP contribution in [0.2, 0.25) is 0 Å². The van der Waals surface area contributed by atoms with E-state index in [1.54, 1.807) is 12.1 Å². The third-order valence-corrected chi connectivity index (χ3v) is 3.70. The van der Waals surface area contributed by atoms with Crippen molar-refractivity contribution < 1.29 is 13.2 Å². The lowest BCUT2D eigenvalue weighted by Crippen LogP contribution is -2.23. The number of hydrogen-bond donors (Lipinski definition) is 1. The Morgan fingerprint density at radius 1 is 1.00 bits per heavy atom. The van der Waals surface area contributed by atoms with Gasteiger partial charge in [-0.3, -0.25) is 0 Å². The first kappa shape index (κ1) is 16.0. The molecule has 0 saturated heterocycles. The summed E-state index contributed by atoms with van der Waals surface area (Å²) in [6, 6.07) is 7.56. The van der Waals surface area contributed by atoms with E-state index in [0.717, 1.165) is 18.1 Å². The molecule has 0 aliphatic heterocycles. The van der Waals surface area contributed by atoms with Crippen LogP contribution < -0.4 is 5.32 Å². The fraction of sp³-hybridized carbons (Fsp3) is 0.250. The fourth-order valence-corrected chi connectivity index (χ4v) is 2.55. The van der Waals surface area contributed by atoms with Gasteiger partial charge in [-0.15, -0.1) is 0 Å². The summed E-state index contributed by atoms with van der Waals surface area (Å²) in [5.74, 6) is -1.64. The van der Waals surface area contributed by atoms with E-state index < -0.39 is 17.7 Å². The topological polar surface area (TPSA) is 12.0 Å². The second kappa shape index (κ2) is 7.09. The molecule has 0 heterocycles. The molecule has 21 heavy (non-hydrogen) atoms. The summed E-state index contributed by atoms with van der Waals surface area (Å²) >= 11 is 3.13. The Morgan fingerprint density at radius 2 is 1.67 bits per heavy atom. The smallest absolute Gasteiger partial charge is 0.137 e. The monoisotopic (exact) mass is 357 g/mol. The van der Waals surface area contributed by atoms with Gasteiger partial charge in [0.2, 0.25) is 0 Å². The van der Waals surface area contributed by atoms with E-state index in [-0.39, 0.29) is 5.82 Å². The molecule has 0 radical (unpaired) electrons. The lowest BCUT2D eigenvalue weighted by Gasteiger charge is -2.20. The maximum Gasteiger partial charge on any atom is 0.137 e. The summed E-state index contributed by atoms with van der Waals surface area (Å²) < 4.78 is 40.5. The minimum atomic E-state index is -0.630. The Hall–Kier alpha value is -1.33. The van der Waals surface area contributed by atoms with Gasteiger partial charge in [-0.2, -0.15) is 0 Å². The Kier molecular flexibility index (Phi) is 5.42. The second-order valence-corrected chi connectivity index (χ2v) is 5.62. The molecule has 0 aliphatic carbocycles. The van der Waals surface area contributed by atoms with Gasteiger partial charge in [-0.25, -0.2) is 13.2 Å². The normalized spacial score (nSPS) is 12.4. The Bertz CT molecular complexity index is 611. The minimum Gasteiger partial charge on any atom is -0.306 e. The molecule has 2 rings (SSSR count). The van der Waals surface area contributed by atoms with E-state index in [4.69, 9.17) is 0 Å². The zero-order valence-electron chi connectivity index (χ0n) is 11.5. The lowest BCUT2D eigenvalue weighted by atomic mass is 9.98. The highest BCUT2D eigenvalue weighted by Gasteiger charge is 2.16. The van der Waals surface area contributed by atoms with Crippen LogP contribution in [0.15, 0.2) is 40.9 Å². The first-order chi connectivity index (χ1) is 10.0. The van der Waals surface area contributed by atoms with Crippen LogP contribution in [0.3, 0.4) is 0 Å². The van der Waals surface area contributed by atoms with Crippen molar-refractivity contribution in [3.8, 4) is 0 Å².